The Balaban J connectivity index is 1.78. The second-order valence-electron chi connectivity index (χ2n) is 4.86. The Labute approximate surface area is 121 Å². The van der Waals surface area contributed by atoms with E-state index in [4.69, 9.17) is 9.47 Å². The van der Waals surface area contributed by atoms with Gasteiger partial charge in [-0.15, -0.1) is 0 Å². The molecule has 7 heteroatoms. The topological polar surface area (TPSA) is 89.0 Å². The highest BCUT2D eigenvalue weighted by Gasteiger charge is 2.20. The molecule has 0 bridgehead atoms. The van der Waals surface area contributed by atoms with Crippen LogP contribution in [0.15, 0.2) is 17.2 Å². The van der Waals surface area contributed by atoms with Gasteiger partial charge in [-0.2, -0.15) is 5.10 Å². The van der Waals surface area contributed by atoms with Crippen LogP contribution in [0.4, 0.5) is 5.69 Å². The van der Waals surface area contributed by atoms with Crippen LogP contribution in [-0.2, 0) is 9.59 Å². The van der Waals surface area contributed by atoms with Gasteiger partial charge in [-0.25, -0.2) is 5.43 Å². The zero-order chi connectivity index (χ0) is 14.8. The van der Waals surface area contributed by atoms with Crippen LogP contribution in [0.5, 0.6) is 11.5 Å². The number of benzene rings is 1. The molecule has 0 fully saturated rings. The van der Waals surface area contributed by atoms with Gasteiger partial charge in [0.2, 0.25) is 5.91 Å². The molecule has 2 aliphatic heterocycles. The zero-order valence-corrected chi connectivity index (χ0v) is 11.6. The molecule has 0 aromatic heterocycles. The highest BCUT2D eigenvalue weighted by atomic mass is 16.6. The second kappa shape index (κ2) is 5.43. The molecule has 0 unspecified atom stereocenters. The van der Waals surface area contributed by atoms with E-state index < -0.39 is 0 Å². The van der Waals surface area contributed by atoms with E-state index in [0.717, 1.165) is 5.56 Å². The van der Waals surface area contributed by atoms with E-state index in [-0.39, 0.29) is 18.2 Å². The number of nitrogens with zero attached hydrogens (tertiary/aromatic N) is 1. The molecule has 21 heavy (non-hydrogen) atoms. The van der Waals surface area contributed by atoms with Crippen molar-refractivity contribution in [3.8, 4) is 11.5 Å². The summed E-state index contributed by atoms with van der Waals surface area (Å²) < 4.78 is 11.0. The fraction of sp³-hybridized carbons (Fsp3) is 0.357. The third-order valence-corrected chi connectivity index (χ3v) is 3.30. The van der Waals surface area contributed by atoms with Crippen LogP contribution < -0.4 is 20.2 Å². The van der Waals surface area contributed by atoms with Gasteiger partial charge in [0.05, 0.1) is 0 Å². The summed E-state index contributed by atoms with van der Waals surface area (Å²) in [5, 5.41) is 6.56. The Morgan fingerprint density at radius 1 is 1.24 bits per heavy atom. The van der Waals surface area contributed by atoms with Gasteiger partial charge >= 0.3 is 0 Å². The number of carbonyl (C=O) groups is 2. The molecule has 1 aromatic rings. The van der Waals surface area contributed by atoms with Crippen LogP contribution >= 0.6 is 0 Å². The highest BCUT2D eigenvalue weighted by molar-refractivity contribution is 6.43. The number of hydrogen-bond donors (Lipinski definition) is 2. The predicted octanol–water partition coefficient (Wildman–Crippen LogP) is 0.971. The number of nitrogens with one attached hydrogen (secondary N) is 2. The molecule has 0 atom stereocenters. The van der Waals surface area contributed by atoms with Crippen molar-refractivity contribution in [1.82, 2.24) is 5.43 Å². The van der Waals surface area contributed by atoms with Crippen molar-refractivity contribution < 1.29 is 19.1 Å². The smallest absolute Gasteiger partial charge is 0.271 e. The molecule has 2 heterocycles. The monoisotopic (exact) mass is 289 g/mol. The number of anilines is 1. The van der Waals surface area contributed by atoms with Crippen molar-refractivity contribution in [3.63, 3.8) is 0 Å². The quantitative estimate of drug-likeness (QED) is 0.849. The lowest BCUT2D eigenvalue weighted by Gasteiger charge is -2.20. The molecule has 0 aliphatic carbocycles. The number of hydrazone groups is 1. The van der Waals surface area contributed by atoms with Crippen LogP contribution in [0, 0.1) is 6.92 Å². The van der Waals surface area contributed by atoms with Crippen molar-refractivity contribution >= 4 is 23.2 Å². The van der Waals surface area contributed by atoms with E-state index >= 15 is 0 Å². The molecule has 0 radical (unpaired) electrons. The first-order valence-electron chi connectivity index (χ1n) is 6.70. The molecule has 0 saturated heterocycles. The zero-order valence-electron chi connectivity index (χ0n) is 11.6. The summed E-state index contributed by atoms with van der Waals surface area (Å²) in [6.45, 7) is 2.88. The van der Waals surface area contributed by atoms with Crippen LogP contribution in [0.3, 0.4) is 0 Å². The maximum atomic E-state index is 12.1. The molecule has 0 spiro atoms. The molecule has 110 valence electrons. The van der Waals surface area contributed by atoms with Crippen LogP contribution in [0.2, 0.25) is 0 Å². The van der Waals surface area contributed by atoms with E-state index in [1.165, 1.54) is 0 Å². The van der Waals surface area contributed by atoms with Crippen molar-refractivity contribution in [2.45, 2.75) is 19.8 Å². The van der Waals surface area contributed by atoms with Gasteiger partial charge in [0, 0.05) is 24.6 Å². The molecule has 0 saturated carbocycles. The minimum absolute atomic E-state index is 0.179. The standard InChI is InChI=1S/C14H15N3O4/c1-8-6-11-12(21-5-4-20-11)7-10(8)15-14(19)9-2-3-13(18)17-16-9/h6-7H,2-5H2,1H3,(H,15,19)(H,17,18). The van der Waals surface area contributed by atoms with Gasteiger partial charge in [0.25, 0.3) is 5.91 Å². The third-order valence-electron chi connectivity index (χ3n) is 3.30. The molecule has 3 rings (SSSR count). The van der Waals surface area contributed by atoms with Gasteiger partial charge in [-0.3, -0.25) is 9.59 Å². The van der Waals surface area contributed by atoms with E-state index in [2.05, 4.69) is 15.8 Å². The Morgan fingerprint density at radius 3 is 2.62 bits per heavy atom. The largest absolute Gasteiger partial charge is 0.486 e. The Hall–Kier alpha value is -2.57. The van der Waals surface area contributed by atoms with Crippen molar-refractivity contribution in [1.29, 1.82) is 0 Å². The maximum Gasteiger partial charge on any atom is 0.271 e. The molecule has 7 nitrogen and oxygen atoms in total. The number of ether oxygens (including phenoxy) is 2. The van der Waals surface area contributed by atoms with E-state index in [1.54, 1.807) is 6.07 Å². The fourth-order valence-corrected chi connectivity index (χ4v) is 2.16. The number of amides is 2. The van der Waals surface area contributed by atoms with E-state index in [9.17, 15) is 9.59 Å². The van der Waals surface area contributed by atoms with Gasteiger partial charge in [0.1, 0.15) is 18.9 Å². The van der Waals surface area contributed by atoms with Crippen molar-refractivity contribution in [3.05, 3.63) is 17.7 Å². The number of rotatable bonds is 2. The number of fused-ring (bicyclic) bond motifs is 1. The first kappa shape index (κ1) is 13.4. The molecule has 1 aromatic carbocycles. The van der Waals surface area contributed by atoms with Crippen molar-refractivity contribution in [2.75, 3.05) is 18.5 Å². The minimum atomic E-state index is -0.324. The van der Waals surface area contributed by atoms with Gasteiger partial charge in [0.15, 0.2) is 11.5 Å². The van der Waals surface area contributed by atoms with E-state index in [1.807, 2.05) is 13.0 Å². The summed E-state index contributed by atoms with van der Waals surface area (Å²) in [5.41, 5.74) is 4.13. The summed E-state index contributed by atoms with van der Waals surface area (Å²) >= 11 is 0. The molecule has 2 N–H and O–H groups in total. The Bertz CT molecular complexity index is 639. The fourth-order valence-electron chi connectivity index (χ4n) is 2.16. The van der Waals surface area contributed by atoms with Crippen LogP contribution in [0.1, 0.15) is 18.4 Å². The van der Waals surface area contributed by atoms with Crippen LogP contribution in [-0.4, -0.2) is 30.7 Å². The average molecular weight is 289 g/mol. The van der Waals surface area contributed by atoms with Gasteiger partial charge in [-0.1, -0.05) is 0 Å². The number of aryl methyl sites for hydroxylation is 1. The normalized spacial score (nSPS) is 16.8. The summed E-state index contributed by atoms with van der Waals surface area (Å²) in [4.78, 5) is 23.2. The molecule has 2 amide bonds. The van der Waals surface area contributed by atoms with Crippen LogP contribution in [0.25, 0.3) is 0 Å². The predicted molar refractivity (Wildman–Crippen MR) is 75.6 cm³/mol. The lowest BCUT2D eigenvalue weighted by Crippen LogP contribution is -2.33. The first-order valence-corrected chi connectivity index (χ1v) is 6.70. The lowest BCUT2D eigenvalue weighted by atomic mass is 10.1. The summed E-state index contributed by atoms with van der Waals surface area (Å²) in [5.74, 6) is 0.789. The van der Waals surface area contributed by atoms with Crippen molar-refractivity contribution in [2.24, 2.45) is 5.10 Å². The molecular formula is C14H15N3O4. The van der Waals surface area contributed by atoms with Gasteiger partial charge in [-0.05, 0) is 18.6 Å². The summed E-state index contributed by atoms with van der Waals surface area (Å²) in [7, 11) is 0. The number of carbonyl (C=O) groups excluding carboxylic acids is 2. The first-order chi connectivity index (χ1) is 10.1. The second-order valence-corrected chi connectivity index (χ2v) is 4.86. The highest BCUT2D eigenvalue weighted by Crippen LogP contribution is 2.35. The maximum absolute atomic E-state index is 12.1. The Morgan fingerprint density at radius 2 is 1.95 bits per heavy atom. The minimum Gasteiger partial charge on any atom is -0.486 e. The number of hydrogen-bond acceptors (Lipinski definition) is 5. The average Bonchev–Trinajstić information content (AvgIpc) is 2.48. The Kier molecular flexibility index (Phi) is 3.47. The SMILES string of the molecule is Cc1cc2c(cc1NC(=O)C1=NNC(=O)CC1)OCCO2. The molecular weight excluding hydrogens is 274 g/mol. The lowest BCUT2D eigenvalue weighted by molar-refractivity contribution is -0.121. The van der Waals surface area contributed by atoms with E-state index in [0.29, 0.717) is 42.5 Å². The summed E-state index contributed by atoms with van der Waals surface area (Å²) in [6.07, 6.45) is 0.605. The molecule has 2 aliphatic rings. The third kappa shape index (κ3) is 2.81. The van der Waals surface area contributed by atoms with Gasteiger partial charge < -0.3 is 14.8 Å². The summed E-state index contributed by atoms with van der Waals surface area (Å²) in [6, 6.07) is 3.57.